The Labute approximate surface area is 69.9 Å². The van der Waals surface area contributed by atoms with Crippen molar-refractivity contribution in [1.82, 2.24) is 0 Å². The van der Waals surface area contributed by atoms with Gasteiger partial charge in [-0.3, -0.25) is 0 Å². The Morgan fingerprint density at radius 2 is 1.75 bits per heavy atom. The zero-order chi connectivity index (χ0) is 9.83. The number of hydrogen-bond donors (Lipinski definition) is 1. The molecule has 0 aliphatic heterocycles. The van der Waals surface area contributed by atoms with Crippen molar-refractivity contribution >= 4 is 0 Å². The van der Waals surface area contributed by atoms with Crippen LogP contribution in [0.1, 0.15) is 20.3 Å². The van der Waals surface area contributed by atoms with E-state index < -0.39 is 18.3 Å². The topological polar surface area (TPSA) is 35.2 Å². The van der Waals surface area contributed by atoms with Crippen molar-refractivity contribution in [2.24, 2.45) is 5.73 Å². The average molecular weight is 185 g/mol. The Kier molecular flexibility index (Phi) is 3.99. The summed E-state index contributed by atoms with van der Waals surface area (Å²) in [5, 5.41) is 0. The lowest BCUT2D eigenvalue weighted by Crippen LogP contribution is -2.41. The van der Waals surface area contributed by atoms with Crippen molar-refractivity contribution in [3.8, 4) is 0 Å². The first-order valence-corrected chi connectivity index (χ1v) is 3.70. The maximum Gasteiger partial charge on any atom is 0.411 e. The lowest BCUT2D eigenvalue weighted by Gasteiger charge is -2.22. The maximum atomic E-state index is 11.6. The highest BCUT2D eigenvalue weighted by atomic mass is 19.4. The minimum absolute atomic E-state index is 0.0665. The molecule has 0 aromatic rings. The summed E-state index contributed by atoms with van der Waals surface area (Å²) in [4.78, 5) is 0. The van der Waals surface area contributed by atoms with Gasteiger partial charge < -0.3 is 10.5 Å². The lowest BCUT2D eigenvalue weighted by atomic mass is 10.0. The van der Waals surface area contributed by atoms with Gasteiger partial charge >= 0.3 is 6.18 Å². The first-order valence-electron chi connectivity index (χ1n) is 3.70. The van der Waals surface area contributed by atoms with E-state index in [1.807, 2.05) is 0 Å². The Hall–Kier alpha value is -0.290. The van der Waals surface area contributed by atoms with E-state index >= 15 is 0 Å². The molecule has 2 N–H and O–H groups in total. The van der Waals surface area contributed by atoms with Crippen LogP contribution in [0.25, 0.3) is 0 Å². The summed E-state index contributed by atoms with van der Waals surface area (Å²) in [6.45, 7) is 2.17. The summed E-state index contributed by atoms with van der Waals surface area (Å²) in [5.74, 6) is 0. The molecule has 0 amide bonds. The van der Waals surface area contributed by atoms with Gasteiger partial charge in [0.1, 0.15) is 6.61 Å². The first kappa shape index (κ1) is 11.7. The molecule has 0 fully saturated rings. The minimum atomic E-state index is -4.26. The average Bonchev–Trinajstić information content (AvgIpc) is 1.84. The van der Waals surface area contributed by atoms with Gasteiger partial charge in [-0.2, -0.15) is 13.2 Å². The third-order valence-corrected chi connectivity index (χ3v) is 1.51. The normalized spacial score (nSPS) is 17.5. The molecule has 1 atom stereocenters. The SMILES string of the molecule is CCC(C)(N)COCC(F)(F)F. The van der Waals surface area contributed by atoms with Gasteiger partial charge in [0.05, 0.1) is 6.61 Å². The molecular formula is C7H14F3NO. The number of alkyl halides is 3. The van der Waals surface area contributed by atoms with Gasteiger partial charge in [-0.15, -0.1) is 0 Å². The summed E-state index contributed by atoms with van der Waals surface area (Å²) >= 11 is 0. The molecule has 0 bridgehead atoms. The fourth-order valence-electron chi connectivity index (χ4n) is 0.502. The zero-order valence-corrected chi connectivity index (χ0v) is 7.24. The van der Waals surface area contributed by atoms with Crippen LogP contribution in [-0.4, -0.2) is 24.9 Å². The number of nitrogens with two attached hydrogens (primary N) is 1. The fourth-order valence-corrected chi connectivity index (χ4v) is 0.502. The Bertz CT molecular complexity index is 133. The molecule has 0 radical (unpaired) electrons. The summed E-state index contributed by atoms with van der Waals surface area (Å²) in [5.41, 5.74) is 4.89. The first-order chi connectivity index (χ1) is 5.27. The van der Waals surface area contributed by atoms with Crippen LogP contribution >= 0.6 is 0 Å². The summed E-state index contributed by atoms with van der Waals surface area (Å²) in [6.07, 6.45) is -3.67. The highest BCUT2D eigenvalue weighted by Crippen LogP contribution is 2.15. The molecule has 0 heterocycles. The van der Waals surface area contributed by atoms with Gasteiger partial charge in [-0.1, -0.05) is 6.92 Å². The van der Waals surface area contributed by atoms with E-state index in [-0.39, 0.29) is 6.61 Å². The van der Waals surface area contributed by atoms with Crippen LogP contribution in [0.15, 0.2) is 0 Å². The Morgan fingerprint density at radius 1 is 1.25 bits per heavy atom. The van der Waals surface area contributed by atoms with Crippen LogP contribution in [0.5, 0.6) is 0 Å². The molecule has 0 saturated carbocycles. The van der Waals surface area contributed by atoms with E-state index in [2.05, 4.69) is 4.74 Å². The molecule has 1 unspecified atom stereocenters. The zero-order valence-electron chi connectivity index (χ0n) is 7.24. The Balaban J connectivity index is 3.57. The maximum absolute atomic E-state index is 11.6. The largest absolute Gasteiger partial charge is 0.411 e. The molecule has 0 aromatic heterocycles. The molecule has 0 aliphatic carbocycles. The quantitative estimate of drug-likeness (QED) is 0.723. The molecule has 0 spiro atoms. The van der Waals surface area contributed by atoms with Crippen molar-refractivity contribution in [2.75, 3.05) is 13.2 Å². The van der Waals surface area contributed by atoms with Crippen LogP contribution < -0.4 is 5.73 Å². The van der Waals surface area contributed by atoms with Crippen molar-refractivity contribution < 1.29 is 17.9 Å². The predicted molar refractivity (Wildman–Crippen MR) is 39.8 cm³/mol. The van der Waals surface area contributed by atoms with Crippen LogP contribution in [0.4, 0.5) is 13.2 Å². The van der Waals surface area contributed by atoms with Crippen molar-refractivity contribution in [1.29, 1.82) is 0 Å². The molecular weight excluding hydrogens is 171 g/mol. The molecule has 0 rings (SSSR count). The van der Waals surface area contributed by atoms with E-state index in [9.17, 15) is 13.2 Å². The lowest BCUT2D eigenvalue weighted by molar-refractivity contribution is -0.177. The van der Waals surface area contributed by atoms with Crippen LogP contribution in [0.3, 0.4) is 0 Å². The van der Waals surface area contributed by atoms with Crippen LogP contribution in [-0.2, 0) is 4.74 Å². The molecule has 0 aromatic carbocycles. The van der Waals surface area contributed by atoms with Crippen molar-refractivity contribution in [2.45, 2.75) is 32.0 Å². The van der Waals surface area contributed by atoms with Gasteiger partial charge in [-0.05, 0) is 13.3 Å². The van der Waals surface area contributed by atoms with Gasteiger partial charge in [-0.25, -0.2) is 0 Å². The van der Waals surface area contributed by atoms with E-state index in [4.69, 9.17) is 5.73 Å². The summed E-state index contributed by atoms with van der Waals surface area (Å²) in [6, 6.07) is 0. The van der Waals surface area contributed by atoms with Crippen molar-refractivity contribution in [3.05, 3.63) is 0 Å². The number of halogens is 3. The second kappa shape index (κ2) is 4.09. The minimum Gasteiger partial charge on any atom is -0.370 e. The van der Waals surface area contributed by atoms with E-state index in [0.29, 0.717) is 6.42 Å². The van der Waals surface area contributed by atoms with Gasteiger partial charge in [0, 0.05) is 5.54 Å². The molecule has 2 nitrogen and oxygen atoms in total. The molecule has 0 saturated heterocycles. The highest BCUT2D eigenvalue weighted by molar-refractivity contribution is 4.75. The Morgan fingerprint density at radius 3 is 2.08 bits per heavy atom. The van der Waals surface area contributed by atoms with E-state index in [0.717, 1.165) is 0 Å². The summed E-state index contributed by atoms with van der Waals surface area (Å²) < 4.78 is 39.1. The van der Waals surface area contributed by atoms with Crippen molar-refractivity contribution in [3.63, 3.8) is 0 Å². The fraction of sp³-hybridized carbons (Fsp3) is 1.00. The standard InChI is InChI=1S/C7H14F3NO/c1-3-6(2,11)4-12-5-7(8,9)10/h3-5,11H2,1-2H3. The van der Waals surface area contributed by atoms with E-state index in [1.54, 1.807) is 13.8 Å². The second-order valence-corrected chi connectivity index (χ2v) is 3.12. The molecule has 12 heavy (non-hydrogen) atoms. The predicted octanol–water partition coefficient (Wildman–Crippen LogP) is 1.69. The third kappa shape index (κ3) is 6.42. The second-order valence-electron chi connectivity index (χ2n) is 3.12. The molecule has 0 aliphatic rings. The van der Waals surface area contributed by atoms with Gasteiger partial charge in [0.15, 0.2) is 0 Å². The van der Waals surface area contributed by atoms with Crippen LogP contribution in [0, 0.1) is 0 Å². The number of rotatable bonds is 4. The molecule has 5 heteroatoms. The monoisotopic (exact) mass is 185 g/mol. The van der Waals surface area contributed by atoms with Crippen LogP contribution in [0.2, 0.25) is 0 Å². The highest BCUT2D eigenvalue weighted by Gasteiger charge is 2.28. The van der Waals surface area contributed by atoms with E-state index in [1.165, 1.54) is 0 Å². The smallest absolute Gasteiger partial charge is 0.370 e. The number of hydrogen-bond acceptors (Lipinski definition) is 2. The van der Waals surface area contributed by atoms with Gasteiger partial charge in [0.25, 0.3) is 0 Å². The number of ether oxygens (including phenoxy) is 1. The van der Waals surface area contributed by atoms with Gasteiger partial charge in [0.2, 0.25) is 0 Å². The third-order valence-electron chi connectivity index (χ3n) is 1.51. The summed E-state index contributed by atoms with van der Waals surface area (Å²) in [7, 11) is 0. The molecule has 74 valence electrons.